The van der Waals surface area contributed by atoms with Crippen molar-refractivity contribution >= 4 is 39.9 Å². The van der Waals surface area contributed by atoms with Crippen LogP contribution in [0.4, 0.5) is 0 Å². The minimum atomic E-state index is -0.711. The summed E-state index contributed by atoms with van der Waals surface area (Å²) in [7, 11) is 0. The van der Waals surface area contributed by atoms with Gasteiger partial charge in [0.25, 0.3) is 0 Å². The van der Waals surface area contributed by atoms with Crippen molar-refractivity contribution in [2.24, 2.45) is 0 Å². The van der Waals surface area contributed by atoms with Gasteiger partial charge in [0.1, 0.15) is 0 Å². The molecule has 8 aromatic rings. The van der Waals surface area contributed by atoms with E-state index >= 15 is 0 Å². The van der Waals surface area contributed by atoms with E-state index in [1.165, 1.54) is 72.4 Å². The zero-order chi connectivity index (χ0) is 39.1. The van der Waals surface area contributed by atoms with Crippen molar-refractivity contribution in [1.82, 2.24) is 0 Å². The molecule has 0 spiro atoms. The van der Waals surface area contributed by atoms with Crippen LogP contribution in [0.5, 0.6) is 0 Å². The van der Waals surface area contributed by atoms with Gasteiger partial charge in [-0.3, -0.25) is 0 Å². The first-order valence-corrected chi connectivity index (χ1v) is 20.5. The Balaban J connectivity index is 1.46. The fourth-order valence-corrected chi connectivity index (χ4v) is 9.68. The topological polar surface area (TPSA) is 0 Å². The van der Waals surface area contributed by atoms with E-state index in [0.29, 0.717) is 0 Å². The van der Waals surface area contributed by atoms with E-state index in [2.05, 4.69) is 194 Å². The molecule has 0 unspecified atom stereocenters. The third kappa shape index (κ3) is 6.09. The summed E-state index contributed by atoms with van der Waals surface area (Å²) in [5, 5.41) is 1.44. The van der Waals surface area contributed by atoms with E-state index in [1.54, 1.807) is 0 Å². The van der Waals surface area contributed by atoms with Crippen molar-refractivity contribution in [3.63, 3.8) is 0 Å². The molecule has 0 aliphatic heterocycles. The Morgan fingerprint density at radius 2 is 0.828 bits per heavy atom. The van der Waals surface area contributed by atoms with Gasteiger partial charge in [-0.2, -0.15) is 0 Å². The highest BCUT2D eigenvalue weighted by Gasteiger charge is 2.51. The first-order valence-electron chi connectivity index (χ1n) is 19.8. The van der Waals surface area contributed by atoms with E-state index < -0.39 is 5.41 Å². The Bertz CT molecular complexity index is 2770. The van der Waals surface area contributed by atoms with Crippen LogP contribution in [0.15, 0.2) is 235 Å². The van der Waals surface area contributed by atoms with Gasteiger partial charge in [0.2, 0.25) is 0 Å². The number of rotatable bonds is 7. The van der Waals surface area contributed by atoms with Gasteiger partial charge < -0.3 is 0 Å². The van der Waals surface area contributed by atoms with Gasteiger partial charge in [-0.05, 0) is 126 Å². The highest BCUT2D eigenvalue weighted by atomic mass is 35.5. The van der Waals surface area contributed by atoms with Gasteiger partial charge in [0, 0.05) is 10.0 Å². The maximum atomic E-state index is 6.63. The average molecular weight is 782 g/mol. The smallest absolute Gasteiger partial charge is 0.0716 e. The van der Waals surface area contributed by atoms with Gasteiger partial charge in [-0.15, -0.1) is 0 Å². The van der Waals surface area contributed by atoms with Crippen molar-refractivity contribution in [2.75, 3.05) is 0 Å². The fraction of sp³-hybridized carbons (Fsp3) is 0.0357. The molecular formula is C56H38Cl2. The second-order valence-electron chi connectivity index (χ2n) is 15.0. The number of hydrogen-bond donors (Lipinski definition) is 0. The predicted octanol–water partition coefficient (Wildman–Crippen LogP) is 15.2. The number of allylic oxidation sites excluding steroid dienone is 4. The largest absolute Gasteiger partial charge is 0.0843 e. The van der Waals surface area contributed by atoms with Crippen molar-refractivity contribution in [3.8, 4) is 11.1 Å². The fourth-order valence-electron chi connectivity index (χ4n) is 9.42. The van der Waals surface area contributed by atoms with Gasteiger partial charge in [0.15, 0.2) is 0 Å². The molecule has 2 heteroatoms. The first-order chi connectivity index (χ1) is 28.6. The lowest BCUT2D eigenvalue weighted by molar-refractivity contribution is 0.727. The Morgan fingerprint density at radius 1 is 0.397 bits per heavy atom. The van der Waals surface area contributed by atoms with Crippen LogP contribution in [-0.2, 0) is 5.41 Å². The van der Waals surface area contributed by atoms with E-state index in [1.807, 2.05) is 24.3 Å². The van der Waals surface area contributed by atoms with Crippen LogP contribution in [0.2, 0.25) is 10.0 Å². The molecule has 0 saturated carbocycles. The standard InChI is InChI=1S/C56H38Cl2/c57-46-31-26-38(27-32-46)43-30-35-48-51(36-43)56(44-22-12-4-13-23-44,45-24-14-5-15-25-45)55-50(53(48)42-28-33-47(58)34-29-42)37-49(54(55)41-20-10-3-11-21-41)52(39-16-6-1-7-17-39)40-18-8-2-9-19-40/h1-36H,37H2. The Kier molecular flexibility index (Phi) is 9.38. The summed E-state index contributed by atoms with van der Waals surface area (Å²) in [4.78, 5) is 0. The van der Waals surface area contributed by atoms with Crippen LogP contribution in [0.3, 0.4) is 0 Å². The molecule has 0 fully saturated rings. The average Bonchev–Trinajstić information content (AvgIpc) is 3.67. The maximum Gasteiger partial charge on any atom is 0.0716 e. The molecule has 2 aliphatic rings. The zero-order valence-corrected chi connectivity index (χ0v) is 33.3. The summed E-state index contributed by atoms with van der Waals surface area (Å²) in [6.07, 6.45) is 0.733. The molecule has 58 heavy (non-hydrogen) atoms. The molecule has 8 aromatic carbocycles. The molecule has 0 nitrogen and oxygen atoms in total. The Morgan fingerprint density at radius 3 is 1.34 bits per heavy atom. The van der Waals surface area contributed by atoms with Crippen LogP contribution < -0.4 is 0 Å². The summed E-state index contributed by atoms with van der Waals surface area (Å²) in [6.45, 7) is 0. The third-order valence-corrected chi connectivity index (χ3v) is 12.3. The van der Waals surface area contributed by atoms with Crippen molar-refractivity contribution in [2.45, 2.75) is 11.8 Å². The number of benzene rings is 8. The Hall–Kier alpha value is -6.44. The van der Waals surface area contributed by atoms with Crippen LogP contribution in [-0.4, -0.2) is 0 Å². The number of fused-ring (bicyclic) bond motifs is 2. The molecule has 10 rings (SSSR count). The van der Waals surface area contributed by atoms with Crippen LogP contribution in [0.1, 0.15) is 50.9 Å². The van der Waals surface area contributed by atoms with Gasteiger partial charge in [0.05, 0.1) is 5.41 Å². The van der Waals surface area contributed by atoms with Gasteiger partial charge >= 0.3 is 0 Å². The molecule has 0 atom stereocenters. The molecule has 0 radical (unpaired) electrons. The zero-order valence-electron chi connectivity index (χ0n) is 31.7. The van der Waals surface area contributed by atoms with Crippen LogP contribution in [0.25, 0.3) is 27.8 Å². The van der Waals surface area contributed by atoms with Crippen molar-refractivity contribution in [3.05, 3.63) is 290 Å². The number of hydrogen-bond acceptors (Lipinski definition) is 0. The SMILES string of the molecule is Clc1ccc(C2=C3CC(=C(c4ccccc4)c4ccccc4)C(c4ccccc4)=C3C(c3ccccc3)(c3ccccc3)c3cc(-c4ccc(Cl)cc4)ccc32)cc1. The molecule has 0 amide bonds. The van der Waals surface area contributed by atoms with Gasteiger partial charge in [-0.25, -0.2) is 0 Å². The van der Waals surface area contributed by atoms with E-state index in [-0.39, 0.29) is 0 Å². The Labute approximate surface area is 350 Å². The number of halogens is 2. The maximum absolute atomic E-state index is 6.63. The normalized spacial score (nSPS) is 14.3. The third-order valence-electron chi connectivity index (χ3n) is 11.8. The lowest BCUT2D eigenvalue weighted by Gasteiger charge is -2.44. The van der Waals surface area contributed by atoms with Crippen molar-refractivity contribution in [1.29, 1.82) is 0 Å². The van der Waals surface area contributed by atoms with Crippen LogP contribution >= 0.6 is 23.2 Å². The lowest BCUT2D eigenvalue weighted by atomic mass is 9.57. The summed E-state index contributed by atoms with van der Waals surface area (Å²) >= 11 is 13.1. The monoisotopic (exact) mass is 780 g/mol. The highest BCUT2D eigenvalue weighted by molar-refractivity contribution is 6.31. The van der Waals surface area contributed by atoms with E-state index in [4.69, 9.17) is 23.2 Å². The minimum absolute atomic E-state index is 0.711. The molecule has 0 aromatic heterocycles. The van der Waals surface area contributed by atoms with Crippen molar-refractivity contribution < 1.29 is 0 Å². The molecular weight excluding hydrogens is 744 g/mol. The second kappa shape index (κ2) is 15.1. The highest BCUT2D eigenvalue weighted by Crippen LogP contribution is 2.63. The van der Waals surface area contributed by atoms with Gasteiger partial charge in [-0.1, -0.05) is 211 Å². The second-order valence-corrected chi connectivity index (χ2v) is 15.9. The summed E-state index contributed by atoms with van der Waals surface area (Å²) < 4.78 is 0. The summed E-state index contributed by atoms with van der Waals surface area (Å²) in [5.41, 5.74) is 18.8. The molecule has 0 saturated heterocycles. The molecule has 0 bridgehead atoms. The predicted molar refractivity (Wildman–Crippen MR) is 244 cm³/mol. The summed E-state index contributed by atoms with van der Waals surface area (Å²) in [5.74, 6) is 0. The lowest BCUT2D eigenvalue weighted by Crippen LogP contribution is -2.36. The first kappa shape index (κ1) is 35.9. The molecule has 0 N–H and O–H groups in total. The van der Waals surface area contributed by atoms with Crippen LogP contribution in [0, 0.1) is 0 Å². The minimum Gasteiger partial charge on any atom is -0.0843 e. The quantitative estimate of drug-likeness (QED) is 0.151. The molecule has 276 valence electrons. The molecule has 0 heterocycles. The summed E-state index contributed by atoms with van der Waals surface area (Å²) in [6, 6.07) is 78.9. The van der Waals surface area contributed by atoms with E-state index in [9.17, 15) is 0 Å². The molecule has 2 aliphatic carbocycles. The van der Waals surface area contributed by atoms with E-state index in [0.717, 1.165) is 33.2 Å².